The molecule has 0 amide bonds. The molecule has 0 saturated carbocycles. The number of hydrogen-bond donors (Lipinski definition) is 0. The number of unbranched alkanes of at least 4 members (excludes halogenated alkanes) is 1. The Hall–Kier alpha value is -2.56. The summed E-state index contributed by atoms with van der Waals surface area (Å²) in [4.78, 5) is 5.15. The zero-order chi connectivity index (χ0) is 21.0. The van der Waals surface area contributed by atoms with Gasteiger partial charge in [0.1, 0.15) is 5.75 Å². The molecular formula is C27H30N2OS. The molecule has 1 fully saturated rings. The van der Waals surface area contributed by atoms with Gasteiger partial charge in [0.15, 0.2) is 0 Å². The lowest BCUT2D eigenvalue weighted by Crippen LogP contribution is -2.46. The first-order chi connectivity index (χ1) is 15.3. The number of hydrogen-bond acceptors (Lipinski definition) is 4. The molecule has 0 spiro atoms. The summed E-state index contributed by atoms with van der Waals surface area (Å²) in [7, 11) is 0. The summed E-state index contributed by atoms with van der Waals surface area (Å²) in [5.41, 5.74) is 5.17. The van der Waals surface area contributed by atoms with Crippen LogP contribution < -0.4 is 9.64 Å². The van der Waals surface area contributed by atoms with Crippen molar-refractivity contribution in [2.45, 2.75) is 19.3 Å². The molecule has 31 heavy (non-hydrogen) atoms. The summed E-state index contributed by atoms with van der Waals surface area (Å²) in [6.07, 6.45) is 7.45. The van der Waals surface area contributed by atoms with Crippen molar-refractivity contribution in [1.82, 2.24) is 4.90 Å². The average molecular weight is 431 g/mol. The number of nitrogens with zero attached hydrogens (tertiary/aromatic N) is 2. The van der Waals surface area contributed by atoms with Crippen LogP contribution >= 0.6 is 11.3 Å². The Kier molecular flexibility index (Phi) is 6.10. The van der Waals surface area contributed by atoms with Gasteiger partial charge in [-0.25, -0.2) is 0 Å². The van der Waals surface area contributed by atoms with Crippen molar-refractivity contribution in [2.24, 2.45) is 0 Å². The summed E-state index contributed by atoms with van der Waals surface area (Å²) in [5.74, 6) is 0.984. The number of piperazine rings is 1. The lowest BCUT2D eigenvalue weighted by Gasteiger charge is -2.36. The topological polar surface area (TPSA) is 15.7 Å². The quantitative estimate of drug-likeness (QED) is 0.427. The minimum absolute atomic E-state index is 0.787. The molecule has 5 rings (SSSR count). The third-order valence-corrected chi connectivity index (χ3v) is 7.24. The van der Waals surface area contributed by atoms with Gasteiger partial charge in [-0.3, -0.25) is 4.90 Å². The second kappa shape index (κ2) is 9.29. The molecule has 1 aliphatic carbocycles. The molecule has 2 heterocycles. The third kappa shape index (κ3) is 4.70. The van der Waals surface area contributed by atoms with Gasteiger partial charge in [-0.2, -0.15) is 0 Å². The standard InChI is InChI=1S/C27H30N2OS/c1-21-7-8-22-9-10-24(20-23(22)19-21)30-17-3-2-12-28-13-15-29(16-14-28)26-5-4-6-27-25(26)11-18-31-27/h4-11,18,20H,1-3,12-17,19H2. The molecule has 0 atom stereocenters. The molecule has 0 unspecified atom stereocenters. The number of allylic oxidation sites excluding steroid dienone is 2. The van der Waals surface area contributed by atoms with Gasteiger partial charge in [0.25, 0.3) is 0 Å². The van der Waals surface area contributed by atoms with Crippen LogP contribution in [0.15, 0.2) is 66.1 Å². The predicted octanol–water partition coefficient (Wildman–Crippen LogP) is 6.01. The lowest BCUT2D eigenvalue weighted by atomic mass is 9.94. The summed E-state index contributed by atoms with van der Waals surface area (Å²) >= 11 is 1.83. The van der Waals surface area contributed by atoms with Crippen LogP contribution in [-0.4, -0.2) is 44.2 Å². The fourth-order valence-electron chi connectivity index (χ4n) is 4.59. The first-order valence-corrected chi connectivity index (χ1v) is 12.2. The van der Waals surface area contributed by atoms with Crippen molar-refractivity contribution in [3.8, 4) is 5.75 Å². The van der Waals surface area contributed by atoms with E-state index < -0.39 is 0 Å². The Labute approximate surface area is 189 Å². The molecule has 0 bridgehead atoms. The third-order valence-electron chi connectivity index (χ3n) is 6.35. The summed E-state index contributed by atoms with van der Waals surface area (Å²) < 4.78 is 7.41. The maximum Gasteiger partial charge on any atom is 0.119 e. The highest BCUT2D eigenvalue weighted by molar-refractivity contribution is 7.17. The number of anilines is 1. The van der Waals surface area contributed by atoms with Crippen LogP contribution in [0.25, 0.3) is 16.2 Å². The Balaban J connectivity index is 1.04. The highest BCUT2D eigenvalue weighted by Gasteiger charge is 2.18. The fourth-order valence-corrected chi connectivity index (χ4v) is 5.40. The van der Waals surface area contributed by atoms with Crippen molar-refractivity contribution in [2.75, 3.05) is 44.2 Å². The molecule has 1 saturated heterocycles. The van der Waals surface area contributed by atoms with Gasteiger partial charge in [0.2, 0.25) is 0 Å². The second-order valence-corrected chi connectivity index (χ2v) is 9.47. The Bertz CT molecular complexity index is 1090. The van der Waals surface area contributed by atoms with Crippen LogP contribution in [-0.2, 0) is 6.42 Å². The SMILES string of the molecule is C=C1C=Cc2ccc(OCCCCN3CCN(c4cccc5sccc45)CC3)cc2C1. The van der Waals surface area contributed by atoms with E-state index in [9.17, 15) is 0 Å². The zero-order valence-corrected chi connectivity index (χ0v) is 18.9. The minimum atomic E-state index is 0.787. The molecule has 1 aromatic heterocycles. The van der Waals surface area contributed by atoms with E-state index in [1.165, 1.54) is 33.3 Å². The van der Waals surface area contributed by atoms with E-state index in [0.29, 0.717) is 0 Å². The van der Waals surface area contributed by atoms with Crippen LogP contribution in [0.1, 0.15) is 24.0 Å². The summed E-state index contributed by atoms with van der Waals surface area (Å²) in [5, 5.41) is 3.60. The summed E-state index contributed by atoms with van der Waals surface area (Å²) in [6, 6.07) is 15.4. The molecule has 1 aliphatic heterocycles. The molecular weight excluding hydrogens is 400 g/mol. The van der Waals surface area contributed by atoms with Crippen LogP contribution in [0, 0.1) is 0 Å². The maximum atomic E-state index is 6.03. The molecule has 3 nitrogen and oxygen atoms in total. The van der Waals surface area contributed by atoms with Crippen molar-refractivity contribution in [3.05, 3.63) is 77.2 Å². The average Bonchev–Trinajstić information content (AvgIpc) is 3.28. The molecule has 4 heteroatoms. The van der Waals surface area contributed by atoms with Crippen molar-refractivity contribution in [3.63, 3.8) is 0 Å². The summed E-state index contributed by atoms with van der Waals surface area (Å²) in [6.45, 7) is 10.5. The largest absolute Gasteiger partial charge is 0.494 e. The van der Waals surface area contributed by atoms with Gasteiger partial charge >= 0.3 is 0 Å². The molecule has 3 aromatic rings. The highest BCUT2D eigenvalue weighted by Crippen LogP contribution is 2.31. The highest BCUT2D eigenvalue weighted by atomic mass is 32.1. The van der Waals surface area contributed by atoms with Gasteiger partial charge in [-0.1, -0.05) is 36.4 Å². The molecule has 0 N–H and O–H groups in total. The normalized spacial score (nSPS) is 16.6. The number of fused-ring (bicyclic) bond motifs is 2. The van der Waals surface area contributed by atoms with Gasteiger partial charge < -0.3 is 9.64 Å². The van der Waals surface area contributed by atoms with E-state index in [1.807, 2.05) is 11.3 Å². The van der Waals surface area contributed by atoms with Crippen LogP contribution in [0.5, 0.6) is 5.75 Å². The van der Waals surface area contributed by atoms with E-state index in [4.69, 9.17) is 4.74 Å². The van der Waals surface area contributed by atoms with Crippen molar-refractivity contribution in [1.29, 1.82) is 0 Å². The second-order valence-electron chi connectivity index (χ2n) is 8.52. The van der Waals surface area contributed by atoms with Crippen molar-refractivity contribution >= 4 is 33.2 Å². The molecule has 0 radical (unpaired) electrons. The molecule has 2 aliphatic rings. The number of benzene rings is 2. The zero-order valence-electron chi connectivity index (χ0n) is 18.1. The number of thiophene rings is 1. The Morgan fingerprint density at radius 2 is 1.87 bits per heavy atom. The minimum Gasteiger partial charge on any atom is -0.494 e. The van der Waals surface area contributed by atoms with Gasteiger partial charge in [-0.05, 0) is 72.6 Å². The fraction of sp³-hybridized carbons (Fsp3) is 0.333. The first-order valence-electron chi connectivity index (χ1n) is 11.3. The number of rotatable bonds is 7. The monoisotopic (exact) mass is 430 g/mol. The van der Waals surface area contributed by atoms with E-state index in [0.717, 1.165) is 63.5 Å². The van der Waals surface area contributed by atoms with E-state index >= 15 is 0 Å². The molecule has 160 valence electrons. The van der Waals surface area contributed by atoms with Crippen LogP contribution in [0.2, 0.25) is 0 Å². The van der Waals surface area contributed by atoms with E-state index in [-0.39, 0.29) is 0 Å². The predicted molar refractivity (Wildman–Crippen MR) is 134 cm³/mol. The maximum absolute atomic E-state index is 6.03. The van der Waals surface area contributed by atoms with Gasteiger partial charge in [0, 0.05) is 42.0 Å². The smallest absolute Gasteiger partial charge is 0.119 e. The molecule has 2 aromatic carbocycles. The van der Waals surface area contributed by atoms with Gasteiger partial charge in [0.05, 0.1) is 6.61 Å². The van der Waals surface area contributed by atoms with Gasteiger partial charge in [-0.15, -0.1) is 11.3 Å². The Morgan fingerprint density at radius 3 is 2.77 bits per heavy atom. The van der Waals surface area contributed by atoms with Crippen molar-refractivity contribution < 1.29 is 4.74 Å². The lowest BCUT2D eigenvalue weighted by molar-refractivity contribution is 0.238. The van der Waals surface area contributed by atoms with Crippen LogP contribution in [0.3, 0.4) is 0 Å². The van der Waals surface area contributed by atoms with E-state index in [2.05, 4.69) is 76.4 Å². The first kappa shape index (κ1) is 20.3. The van der Waals surface area contributed by atoms with Crippen LogP contribution in [0.4, 0.5) is 5.69 Å². The Morgan fingerprint density at radius 1 is 0.968 bits per heavy atom. The number of ether oxygens (including phenoxy) is 1. The van der Waals surface area contributed by atoms with E-state index in [1.54, 1.807) is 0 Å².